The van der Waals surface area contributed by atoms with E-state index in [4.69, 9.17) is 4.74 Å². The fraction of sp³-hybridized carbons (Fsp3) is 0.583. The average molecular weight is 296 g/mol. The molecule has 108 valence electrons. The van der Waals surface area contributed by atoms with Crippen molar-refractivity contribution < 1.29 is 14.9 Å². The van der Waals surface area contributed by atoms with Crippen molar-refractivity contribution in [2.24, 2.45) is 0 Å². The van der Waals surface area contributed by atoms with Crippen molar-refractivity contribution >= 4 is 22.9 Å². The van der Waals surface area contributed by atoms with Crippen molar-refractivity contribution in [1.82, 2.24) is 19.5 Å². The lowest BCUT2D eigenvalue weighted by Gasteiger charge is -2.20. The van der Waals surface area contributed by atoms with Crippen LogP contribution in [-0.2, 0) is 4.74 Å². The number of thioether (sulfide) groups is 1. The highest BCUT2D eigenvalue weighted by Crippen LogP contribution is 2.38. The molecule has 1 fully saturated rings. The number of rotatable bonds is 4. The molecule has 0 bridgehead atoms. The summed E-state index contributed by atoms with van der Waals surface area (Å²) in [4.78, 5) is 12.4. The first-order valence-corrected chi connectivity index (χ1v) is 7.49. The zero-order chi connectivity index (χ0) is 14.1. The molecule has 0 radical (unpaired) electrons. The predicted octanol–water partition coefficient (Wildman–Crippen LogP) is 0.199. The van der Waals surface area contributed by atoms with Gasteiger partial charge in [0.1, 0.15) is 17.9 Å². The third-order valence-electron chi connectivity index (χ3n) is 3.36. The van der Waals surface area contributed by atoms with Crippen LogP contribution in [0, 0.1) is 0 Å². The number of nitrogens with zero attached hydrogens (tertiary/aromatic N) is 4. The van der Waals surface area contributed by atoms with Gasteiger partial charge in [-0.2, -0.15) is 11.8 Å². The van der Waals surface area contributed by atoms with E-state index in [1.807, 2.05) is 6.92 Å². The van der Waals surface area contributed by atoms with Crippen LogP contribution in [0.3, 0.4) is 0 Å². The molecule has 1 aliphatic rings. The van der Waals surface area contributed by atoms with Gasteiger partial charge in [-0.15, -0.1) is 0 Å². The lowest BCUT2D eigenvalue weighted by Crippen LogP contribution is -2.31. The van der Waals surface area contributed by atoms with Gasteiger partial charge in [0.15, 0.2) is 11.9 Å². The Morgan fingerprint density at radius 2 is 2.30 bits per heavy atom. The minimum Gasteiger partial charge on any atom is -0.394 e. The molecular formula is C12H16N4O3S. The van der Waals surface area contributed by atoms with E-state index in [0.717, 1.165) is 5.75 Å². The summed E-state index contributed by atoms with van der Waals surface area (Å²) in [5.41, 5.74) is 1.34. The topological polar surface area (TPSA) is 93.3 Å². The van der Waals surface area contributed by atoms with Gasteiger partial charge >= 0.3 is 0 Å². The van der Waals surface area contributed by atoms with Crippen LogP contribution in [0.15, 0.2) is 18.9 Å². The normalized spacial score (nSPS) is 30.1. The molecule has 0 unspecified atom stereocenters. The Hall–Kier alpha value is -1.22. The van der Waals surface area contributed by atoms with Crippen LogP contribution in [0.25, 0.3) is 11.2 Å². The predicted molar refractivity (Wildman–Crippen MR) is 74.2 cm³/mol. The highest BCUT2D eigenvalue weighted by atomic mass is 32.2. The van der Waals surface area contributed by atoms with Gasteiger partial charge in [-0.1, -0.05) is 6.92 Å². The van der Waals surface area contributed by atoms with Gasteiger partial charge in [0, 0.05) is 0 Å². The summed E-state index contributed by atoms with van der Waals surface area (Å²) < 4.78 is 7.58. The monoisotopic (exact) mass is 296 g/mol. The van der Waals surface area contributed by atoms with Gasteiger partial charge in [0.2, 0.25) is 0 Å². The maximum atomic E-state index is 10.2. The molecule has 0 saturated carbocycles. The number of hydrogen-bond acceptors (Lipinski definition) is 7. The number of aliphatic hydroxyl groups excluding tert-OH is 2. The van der Waals surface area contributed by atoms with E-state index in [1.54, 1.807) is 28.9 Å². The summed E-state index contributed by atoms with van der Waals surface area (Å²) >= 11 is 1.60. The molecule has 1 aliphatic heterocycles. The zero-order valence-electron chi connectivity index (χ0n) is 11.0. The molecule has 3 rings (SSSR count). The molecule has 20 heavy (non-hydrogen) atoms. The van der Waals surface area contributed by atoms with Gasteiger partial charge in [-0.3, -0.25) is 4.57 Å². The van der Waals surface area contributed by atoms with Crippen LogP contribution in [0.4, 0.5) is 0 Å². The Bertz CT molecular complexity index is 593. The first-order valence-electron chi connectivity index (χ1n) is 6.44. The van der Waals surface area contributed by atoms with Crippen LogP contribution in [0.5, 0.6) is 0 Å². The molecular weight excluding hydrogens is 280 g/mol. The molecule has 2 aromatic rings. The van der Waals surface area contributed by atoms with Crippen LogP contribution < -0.4 is 0 Å². The number of aliphatic hydroxyl groups is 2. The molecule has 3 heterocycles. The summed E-state index contributed by atoms with van der Waals surface area (Å²) in [6.45, 7) is 1.81. The van der Waals surface area contributed by atoms with Crippen molar-refractivity contribution in [1.29, 1.82) is 0 Å². The first-order chi connectivity index (χ1) is 9.76. The summed E-state index contributed by atoms with van der Waals surface area (Å²) in [5.74, 6) is 0.849. The van der Waals surface area contributed by atoms with Crippen molar-refractivity contribution in [3.05, 3.63) is 18.9 Å². The Balaban J connectivity index is 1.98. The molecule has 2 aromatic heterocycles. The Morgan fingerprint density at radius 3 is 3.05 bits per heavy atom. The number of fused-ring (bicyclic) bond motifs is 1. The molecule has 0 aliphatic carbocycles. The second-order valence-corrected chi connectivity index (χ2v) is 6.00. The van der Waals surface area contributed by atoms with E-state index in [9.17, 15) is 10.2 Å². The van der Waals surface area contributed by atoms with Crippen molar-refractivity contribution in [2.75, 3.05) is 12.4 Å². The summed E-state index contributed by atoms with van der Waals surface area (Å²) in [7, 11) is 0. The van der Waals surface area contributed by atoms with Gasteiger partial charge in [0.05, 0.1) is 30.5 Å². The highest BCUT2D eigenvalue weighted by molar-refractivity contribution is 7.99. The first kappa shape index (κ1) is 13.7. The fourth-order valence-electron chi connectivity index (χ4n) is 2.44. The van der Waals surface area contributed by atoms with E-state index in [1.165, 1.54) is 6.33 Å². The summed E-state index contributed by atoms with van der Waals surface area (Å²) in [6, 6.07) is 0. The molecule has 2 N–H and O–H groups in total. The number of imidazole rings is 1. The smallest absolute Gasteiger partial charge is 0.165 e. The lowest BCUT2D eigenvalue weighted by molar-refractivity contribution is -0.0430. The number of aromatic nitrogens is 4. The van der Waals surface area contributed by atoms with E-state index in [-0.39, 0.29) is 11.9 Å². The minimum absolute atomic E-state index is 0.162. The summed E-state index contributed by atoms with van der Waals surface area (Å²) in [6.07, 6.45) is 3.04. The number of ether oxygens (including phenoxy) is 1. The van der Waals surface area contributed by atoms with Gasteiger partial charge in [-0.05, 0) is 5.75 Å². The zero-order valence-corrected chi connectivity index (χ0v) is 11.8. The van der Waals surface area contributed by atoms with E-state index >= 15 is 0 Å². The van der Waals surface area contributed by atoms with Gasteiger partial charge in [0.25, 0.3) is 0 Å². The average Bonchev–Trinajstić information content (AvgIpc) is 3.02. The molecule has 7 nitrogen and oxygen atoms in total. The largest absolute Gasteiger partial charge is 0.394 e. The van der Waals surface area contributed by atoms with E-state index in [0.29, 0.717) is 11.2 Å². The van der Waals surface area contributed by atoms with Crippen LogP contribution in [0.1, 0.15) is 13.2 Å². The molecule has 0 aromatic carbocycles. The van der Waals surface area contributed by atoms with Crippen LogP contribution in [0.2, 0.25) is 0 Å². The van der Waals surface area contributed by atoms with Crippen LogP contribution >= 0.6 is 11.8 Å². The van der Waals surface area contributed by atoms with Gasteiger partial charge < -0.3 is 14.9 Å². The molecule has 4 atom stereocenters. The van der Waals surface area contributed by atoms with E-state index in [2.05, 4.69) is 15.0 Å². The SMILES string of the molecule is CCS[C@@H]1[C@H](O)[C@H](CO)O[C@@H]1n1cnc2cncnc21. The van der Waals surface area contributed by atoms with Crippen molar-refractivity contribution in [3.8, 4) is 0 Å². The van der Waals surface area contributed by atoms with Crippen molar-refractivity contribution in [3.63, 3.8) is 0 Å². The second-order valence-electron chi connectivity index (χ2n) is 4.54. The third kappa shape index (κ3) is 2.18. The maximum Gasteiger partial charge on any atom is 0.165 e. The second kappa shape index (κ2) is 5.65. The third-order valence-corrected chi connectivity index (χ3v) is 4.59. The minimum atomic E-state index is -0.714. The Labute approximate surface area is 120 Å². The lowest BCUT2D eigenvalue weighted by atomic mass is 10.2. The summed E-state index contributed by atoms with van der Waals surface area (Å²) in [5, 5.41) is 19.4. The van der Waals surface area contributed by atoms with E-state index < -0.39 is 18.4 Å². The molecule has 1 saturated heterocycles. The highest BCUT2D eigenvalue weighted by Gasteiger charge is 2.44. The Morgan fingerprint density at radius 1 is 1.45 bits per heavy atom. The standard InChI is InChI=1S/C12H16N4O3S/c1-2-20-10-9(18)8(4-17)19-12(10)16-6-15-7-3-13-5-14-11(7)16/h3,5-6,8-10,12,17-18H,2,4H2,1H3/t8-,9+,10+,12-/m0/s1. The van der Waals surface area contributed by atoms with Crippen molar-refractivity contribution in [2.45, 2.75) is 30.6 Å². The van der Waals surface area contributed by atoms with Gasteiger partial charge in [-0.25, -0.2) is 15.0 Å². The molecule has 8 heteroatoms. The molecule has 0 amide bonds. The maximum absolute atomic E-state index is 10.2. The Kier molecular flexibility index (Phi) is 3.88. The number of hydrogen-bond donors (Lipinski definition) is 2. The quantitative estimate of drug-likeness (QED) is 0.832. The van der Waals surface area contributed by atoms with Crippen LogP contribution in [-0.4, -0.2) is 59.5 Å². The molecule has 0 spiro atoms. The fourth-order valence-corrected chi connectivity index (χ4v) is 3.55.